The summed E-state index contributed by atoms with van der Waals surface area (Å²) in [6.45, 7) is 5.03. The molecule has 0 amide bonds. The van der Waals surface area contributed by atoms with Crippen LogP contribution in [0.3, 0.4) is 0 Å². The lowest BCUT2D eigenvalue weighted by Crippen LogP contribution is -2.11. The third kappa shape index (κ3) is 8.76. The number of rotatable bonds is 8. The van der Waals surface area contributed by atoms with Crippen molar-refractivity contribution in [2.24, 2.45) is 5.41 Å². The average molecular weight is 251 g/mol. The van der Waals surface area contributed by atoms with Gasteiger partial charge in [-0.15, -0.1) is 0 Å². The van der Waals surface area contributed by atoms with E-state index in [0.29, 0.717) is 12.0 Å². The van der Waals surface area contributed by atoms with Crippen molar-refractivity contribution in [1.29, 1.82) is 0 Å². The highest BCUT2D eigenvalue weighted by molar-refractivity contribution is 9.09. The quantitative estimate of drug-likeness (QED) is 0.514. The number of unbranched alkanes of at least 4 members (excludes halogenated alkanes) is 2. The first-order valence-corrected chi connectivity index (χ1v) is 6.41. The highest BCUT2D eigenvalue weighted by Crippen LogP contribution is 2.29. The van der Waals surface area contributed by atoms with E-state index in [1.54, 1.807) is 0 Å². The van der Waals surface area contributed by atoms with Crippen molar-refractivity contribution in [3.05, 3.63) is 0 Å². The molecule has 0 aliphatic heterocycles. The smallest absolute Gasteiger partial charge is 0.0431 e. The molecule has 0 saturated heterocycles. The van der Waals surface area contributed by atoms with Crippen molar-refractivity contribution in [1.82, 2.24) is 0 Å². The fourth-order valence-electron chi connectivity index (χ4n) is 1.56. The summed E-state index contributed by atoms with van der Waals surface area (Å²) in [5, 5.41) is 9.75. The first-order chi connectivity index (χ1) is 6.12. The van der Waals surface area contributed by atoms with Crippen molar-refractivity contribution < 1.29 is 5.11 Å². The van der Waals surface area contributed by atoms with Crippen molar-refractivity contribution in [2.45, 2.75) is 52.4 Å². The zero-order chi connectivity index (χ0) is 10.2. The highest BCUT2D eigenvalue weighted by atomic mass is 79.9. The van der Waals surface area contributed by atoms with Gasteiger partial charge < -0.3 is 5.11 Å². The van der Waals surface area contributed by atoms with Crippen molar-refractivity contribution in [3.63, 3.8) is 0 Å². The van der Waals surface area contributed by atoms with Crippen molar-refractivity contribution >= 4 is 15.9 Å². The number of aliphatic hydroxyl groups is 1. The van der Waals surface area contributed by atoms with E-state index in [-0.39, 0.29) is 0 Å². The molecule has 0 bridgehead atoms. The van der Waals surface area contributed by atoms with E-state index >= 15 is 0 Å². The third-order valence-corrected chi connectivity index (χ3v) is 3.06. The molecule has 0 aliphatic rings. The molecule has 1 N–H and O–H groups in total. The molecule has 13 heavy (non-hydrogen) atoms. The van der Waals surface area contributed by atoms with E-state index < -0.39 is 0 Å². The second-order valence-electron chi connectivity index (χ2n) is 4.49. The van der Waals surface area contributed by atoms with Crippen LogP contribution in [-0.2, 0) is 0 Å². The maximum absolute atomic E-state index is 8.63. The third-order valence-electron chi connectivity index (χ3n) is 2.50. The van der Waals surface area contributed by atoms with Gasteiger partial charge in [0.1, 0.15) is 0 Å². The normalized spacial score (nSPS) is 12.0. The summed E-state index contributed by atoms with van der Waals surface area (Å²) < 4.78 is 0. The summed E-state index contributed by atoms with van der Waals surface area (Å²) in [4.78, 5) is 0. The second kappa shape index (κ2) is 7.81. The van der Waals surface area contributed by atoms with Crippen LogP contribution in [0.4, 0.5) is 0 Å². The average Bonchev–Trinajstić information content (AvgIpc) is 2.09. The van der Waals surface area contributed by atoms with E-state index in [1.165, 1.54) is 32.1 Å². The standard InChI is InChI=1S/C11H23BrO/c1-11(2,8-6-9-12)7-4-3-5-10-13/h13H,3-10H2,1-2H3. The fraction of sp³-hybridized carbons (Fsp3) is 1.00. The van der Waals surface area contributed by atoms with Crippen LogP contribution >= 0.6 is 15.9 Å². The molecule has 0 rings (SSSR count). The molecule has 0 spiro atoms. The molecule has 0 aromatic carbocycles. The topological polar surface area (TPSA) is 20.2 Å². The molecule has 0 fully saturated rings. The van der Waals surface area contributed by atoms with Gasteiger partial charge in [0.05, 0.1) is 0 Å². The molecule has 0 radical (unpaired) electrons. The maximum atomic E-state index is 8.63. The van der Waals surface area contributed by atoms with Gasteiger partial charge in [-0.2, -0.15) is 0 Å². The molecule has 0 heterocycles. The van der Waals surface area contributed by atoms with Crippen molar-refractivity contribution in [3.8, 4) is 0 Å². The fourth-order valence-corrected chi connectivity index (χ4v) is 1.84. The van der Waals surface area contributed by atoms with Crippen LogP contribution in [0, 0.1) is 5.41 Å². The summed E-state index contributed by atoms with van der Waals surface area (Å²) in [5.74, 6) is 0. The molecule has 0 aromatic rings. The SMILES string of the molecule is CC(C)(CCCBr)CCCCCO. The number of aliphatic hydroxyl groups excluding tert-OH is 1. The van der Waals surface area contributed by atoms with Crippen LogP contribution in [0.25, 0.3) is 0 Å². The second-order valence-corrected chi connectivity index (χ2v) is 5.28. The summed E-state index contributed by atoms with van der Waals surface area (Å²) in [6, 6.07) is 0. The van der Waals surface area contributed by atoms with Gasteiger partial charge in [-0.1, -0.05) is 42.6 Å². The van der Waals surface area contributed by atoms with Gasteiger partial charge in [0.25, 0.3) is 0 Å². The molecule has 0 aliphatic carbocycles. The largest absolute Gasteiger partial charge is 0.396 e. The van der Waals surface area contributed by atoms with Crippen LogP contribution in [0.15, 0.2) is 0 Å². The first-order valence-electron chi connectivity index (χ1n) is 5.29. The minimum Gasteiger partial charge on any atom is -0.396 e. The van der Waals surface area contributed by atoms with E-state index in [2.05, 4.69) is 29.8 Å². The molecule has 2 heteroatoms. The Bertz CT molecular complexity index is 113. The number of alkyl halides is 1. The van der Waals surface area contributed by atoms with Crippen LogP contribution < -0.4 is 0 Å². The lowest BCUT2D eigenvalue weighted by Gasteiger charge is -2.24. The Morgan fingerprint density at radius 1 is 1.00 bits per heavy atom. The summed E-state index contributed by atoms with van der Waals surface area (Å²) in [7, 11) is 0. The predicted octanol–water partition coefficient (Wildman–Crippen LogP) is 3.74. The minimum absolute atomic E-state index is 0.349. The summed E-state index contributed by atoms with van der Waals surface area (Å²) in [5.41, 5.74) is 0.489. The molecule has 0 unspecified atom stereocenters. The lowest BCUT2D eigenvalue weighted by molar-refractivity contribution is 0.263. The summed E-state index contributed by atoms with van der Waals surface area (Å²) >= 11 is 3.46. The monoisotopic (exact) mass is 250 g/mol. The molecular weight excluding hydrogens is 228 g/mol. The van der Waals surface area contributed by atoms with Gasteiger partial charge in [-0.05, 0) is 31.1 Å². The Hall–Kier alpha value is 0.440. The molecule has 0 atom stereocenters. The van der Waals surface area contributed by atoms with E-state index in [1.807, 2.05) is 0 Å². The molecule has 0 saturated carbocycles. The predicted molar refractivity (Wildman–Crippen MR) is 62.4 cm³/mol. The number of halogens is 1. The zero-order valence-electron chi connectivity index (χ0n) is 8.98. The Morgan fingerprint density at radius 3 is 2.15 bits per heavy atom. The Kier molecular flexibility index (Phi) is 8.07. The van der Waals surface area contributed by atoms with Crippen LogP contribution in [0.5, 0.6) is 0 Å². The molecule has 1 nitrogen and oxygen atoms in total. The van der Waals surface area contributed by atoms with Crippen LogP contribution in [-0.4, -0.2) is 17.0 Å². The highest BCUT2D eigenvalue weighted by Gasteiger charge is 2.15. The zero-order valence-corrected chi connectivity index (χ0v) is 10.6. The van der Waals surface area contributed by atoms with E-state index in [9.17, 15) is 0 Å². The molecular formula is C11H23BrO. The number of hydrogen-bond acceptors (Lipinski definition) is 1. The van der Waals surface area contributed by atoms with Crippen molar-refractivity contribution in [2.75, 3.05) is 11.9 Å². The molecule has 0 aromatic heterocycles. The summed E-state index contributed by atoms with van der Waals surface area (Å²) in [6.07, 6.45) is 7.27. The number of hydrogen-bond donors (Lipinski definition) is 1. The van der Waals surface area contributed by atoms with Gasteiger partial charge in [0.2, 0.25) is 0 Å². The lowest BCUT2D eigenvalue weighted by atomic mass is 9.83. The van der Waals surface area contributed by atoms with Gasteiger partial charge in [-0.3, -0.25) is 0 Å². The Morgan fingerprint density at radius 2 is 1.62 bits per heavy atom. The van der Waals surface area contributed by atoms with Gasteiger partial charge in [-0.25, -0.2) is 0 Å². The van der Waals surface area contributed by atoms with E-state index in [0.717, 1.165) is 11.8 Å². The Labute approximate surface area is 91.1 Å². The van der Waals surface area contributed by atoms with E-state index in [4.69, 9.17) is 5.11 Å². The van der Waals surface area contributed by atoms with Gasteiger partial charge >= 0.3 is 0 Å². The van der Waals surface area contributed by atoms with Crippen LogP contribution in [0.1, 0.15) is 52.4 Å². The molecule has 80 valence electrons. The van der Waals surface area contributed by atoms with Gasteiger partial charge in [0.15, 0.2) is 0 Å². The van der Waals surface area contributed by atoms with Gasteiger partial charge in [0, 0.05) is 11.9 Å². The van der Waals surface area contributed by atoms with Crippen LogP contribution in [0.2, 0.25) is 0 Å². The Balaban J connectivity index is 3.39. The minimum atomic E-state index is 0.349. The first kappa shape index (κ1) is 13.4. The maximum Gasteiger partial charge on any atom is 0.0431 e.